The molecule has 0 saturated carbocycles. The first-order valence-electron chi connectivity index (χ1n) is 9.87. The lowest BCUT2D eigenvalue weighted by molar-refractivity contribution is -0.137. The van der Waals surface area contributed by atoms with Gasteiger partial charge < -0.3 is 9.84 Å². The van der Waals surface area contributed by atoms with Gasteiger partial charge in [0.2, 0.25) is 0 Å². The highest BCUT2D eigenvalue weighted by molar-refractivity contribution is 5.87. The number of phenolic OH excluding ortho intramolecular Hbond substituents is 1. The van der Waals surface area contributed by atoms with E-state index in [2.05, 4.69) is 6.92 Å². The van der Waals surface area contributed by atoms with Crippen molar-refractivity contribution in [2.24, 2.45) is 0 Å². The normalized spacial score (nSPS) is 11.1. The summed E-state index contributed by atoms with van der Waals surface area (Å²) in [7, 11) is 0. The van der Waals surface area contributed by atoms with Gasteiger partial charge in [-0.1, -0.05) is 89.3 Å². The molecule has 0 amide bonds. The first kappa shape index (κ1) is 21.3. The molecule has 0 fully saturated rings. The Bertz CT molecular complexity index is 494. The highest BCUT2D eigenvalue weighted by Crippen LogP contribution is 2.17. The Hall–Kier alpha value is -1.77. The fourth-order valence-corrected chi connectivity index (χ4v) is 2.77. The number of unbranched alkanes of at least 4 members (excludes halogenated alkanes) is 10. The molecule has 0 saturated heterocycles. The average molecular weight is 347 g/mol. The van der Waals surface area contributed by atoms with E-state index in [1.165, 1.54) is 63.9 Å². The molecule has 0 radical (unpaired) electrons. The molecule has 0 atom stereocenters. The average Bonchev–Trinajstić information content (AvgIpc) is 2.62. The van der Waals surface area contributed by atoms with Gasteiger partial charge in [0.1, 0.15) is 5.75 Å². The Kier molecular flexibility index (Phi) is 12.4. The molecule has 3 heteroatoms. The summed E-state index contributed by atoms with van der Waals surface area (Å²) >= 11 is 0. The van der Waals surface area contributed by atoms with Crippen LogP contribution in [0, 0.1) is 0 Å². The van der Waals surface area contributed by atoms with Crippen LogP contribution >= 0.6 is 0 Å². The van der Waals surface area contributed by atoms with Crippen molar-refractivity contribution in [1.29, 1.82) is 0 Å². The van der Waals surface area contributed by atoms with Crippen LogP contribution in [0.5, 0.6) is 5.75 Å². The standard InChI is InChI=1S/C22H34O3/c1-2-3-4-5-6-7-8-9-10-11-14-19-25-22(24)18-17-20-15-12-13-16-21(20)23/h12-13,15-18,23H,2-11,14,19H2,1H3. The van der Waals surface area contributed by atoms with Crippen molar-refractivity contribution in [3.63, 3.8) is 0 Å². The molecule has 25 heavy (non-hydrogen) atoms. The van der Waals surface area contributed by atoms with Gasteiger partial charge in [-0.2, -0.15) is 0 Å². The van der Waals surface area contributed by atoms with Crippen LogP contribution in [0.15, 0.2) is 30.3 Å². The van der Waals surface area contributed by atoms with Crippen LogP contribution < -0.4 is 0 Å². The number of aromatic hydroxyl groups is 1. The van der Waals surface area contributed by atoms with E-state index in [0.29, 0.717) is 12.2 Å². The molecular formula is C22H34O3. The van der Waals surface area contributed by atoms with Gasteiger partial charge in [-0.25, -0.2) is 4.79 Å². The summed E-state index contributed by atoms with van der Waals surface area (Å²) in [4.78, 5) is 11.6. The van der Waals surface area contributed by atoms with E-state index < -0.39 is 0 Å². The number of carbonyl (C=O) groups is 1. The van der Waals surface area contributed by atoms with Gasteiger partial charge in [0.15, 0.2) is 0 Å². The summed E-state index contributed by atoms with van der Waals surface area (Å²) in [5.41, 5.74) is 0.620. The van der Waals surface area contributed by atoms with Crippen molar-refractivity contribution in [2.75, 3.05) is 6.61 Å². The Labute approximate surface area is 153 Å². The van der Waals surface area contributed by atoms with E-state index in [9.17, 15) is 9.90 Å². The van der Waals surface area contributed by atoms with Gasteiger partial charge in [-0.3, -0.25) is 0 Å². The van der Waals surface area contributed by atoms with Gasteiger partial charge in [-0.15, -0.1) is 0 Å². The lowest BCUT2D eigenvalue weighted by Gasteiger charge is -2.03. The molecule has 1 rings (SSSR count). The number of carbonyl (C=O) groups excluding carboxylic acids is 1. The minimum Gasteiger partial charge on any atom is -0.507 e. The molecule has 0 aromatic heterocycles. The molecule has 140 valence electrons. The largest absolute Gasteiger partial charge is 0.507 e. The molecular weight excluding hydrogens is 312 g/mol. The minimum atomic E-state index is -0.352. The Morgan fingerprint density at radius 3 is 2.08 bits per heavy atom. The number of hydrogen-bond donors (Lipinski definition) is 1. The van der Waals surface area contributed by atoms with Gasteiger partial charge in [0.25, 0.3) is 0 Å². The highest BCUT2D eigenvalue weighted by Gasteiger charge is 1.99. The molecule has 0 heterocycles. The van der Waals surface area contributed by atoms with E-state index in [4.69, 9.17) is 4.74 Å². The third-order valence-electron chi connectivity index (χ3n) is 4.33. The smallest absolute Gasteiger partial charge is 0.330 e. The molecule has 0 bridgehead atoms. The topological polar surface area (TPSA) is 46.5 Å². The third-order valence-corrected chi connectivity index (χ3v) is 4.33. The van der Waals surface area contributed by atoms with E-state index in [1.54, 1.807) is 24.3 Å². The lowest BCUT2D eigenvalue weighted by Crippen LogP contribution is -2.02. The maximum absolute atomic E-state index is 11.6. The summed E-state index contributed by atoms with van der Waals surface area (Å²) < 4.78 is 5.18. The number of rotatable bonds is 14. The van der Waals surface area contributed by atoms with Crippen LogP contribution in [-0.4, -0.2) is 17.7 Å². The Morgan fingerprint density at radius 2 is 1.48 bits per heavy atom. The zero-order valence-electron chi connectivity index (χ0n) is 15.7. The van der Waals surface area contributed by atoms with Crippen LogP contribution in [0.2, 0.25) is 0 Å². The minimum absolute atomic E-state index is 0.164. The summed E-state index contributed by atoms with van der Waals surface area (Å²) in [5.74, 6) is -0.188. The molecule has 0 spiro atoms. The number of phenols is 1. The van der Waals surface area contributed by atoms with Crippen molar-refractivity contribution < 1.29 is 14.6 Å². The van der Waals surface area contributed by atoms with Gasteiger partial charge in [0.05, 0.1) is 6.61 Å². The zero-order chi connectivity index (χ0) is 18.2. The SMILES string of the molecule is CCCCCCCCCCCCCOC(=O)C=Cc1ccccc1O. The van der Waals surface area contributed by atoms with E-state index in [0.717, 1.165) is 12.8 Å². The molecule has 1 aromatic rings. The van der Waals surface area contributed by atoms with Gasteiger partial charge in [-0.05, 0) is 18.6 Å². The van der Waals surface area contributed by atoms with Crippen molar-refractivity contribution in [3.8, 4) is 5.75 Å². The zero-order valence-corrected chi connectivity index (χ0v) is 15.7. The van der Waals surface area contributed by atoms with Crippen molar-refractivity contribution in [2.45, 2.75) is 77.6 Å². The maximum Gasteiger partial charge on any atom is 0.330 e. The monoisotopic (exact) mass is 346 g/mol. The number of benzene rings is 1. The van der Waals surface area contributed by atoms with Crippen molar-refractivity contribution >= 4 is 12.0 Å². The van der Waals surface area contributed by atoms with Crippen LogP contribution in [-0.2, 0) is 9.53 Å². The molecule has 0 aliphatic rings. The second kappa shape index (κ2) is 14.6. The molecule has 1 N–H and O–H groups in total. The number of esters is 1. The van der Waals surface area contributed by atoms with Crippen LogP contribution in [0.25, 0.3) is 6.08 Å². The summed E-state index contributed by atoms with van der Waals surface area (Å²) in [5, 5.41) is 9.61. The van der Waals surface area contributed by atoms with Gasteiger partial charge in [0, 0.05) is 11.6 Å². The number of ether oxygens (including phenoxy) is 1. The summed E-state index contributed by atoms with van der Waals surface area (Å²) in [6, 6.07) is 6.91. The highest BCUT2D eigenvalue weighted by atomic mass is 16.5. The fourth-order valence-electron chi connectivity index (χ4n) is 2.77. The predicted octanol–water partition coefficient (Wildman–Crippen LogP) is 6.26. The first-order valence-corrected chi connectivity index (χ1v) is 9.87. The van der Waals surface area contributed by atoms with Crippen LogP contribution in [0.3, 0.4) is 0 Å². The van der Waals surface area contributed by atoms with E-state index in [-0.39, 0.29) is 11.7 Å². The molecule has 1 aromatic carbocycles. The molecule has 0 unspecified atom stereocenters. The molecule has 0 aliphatic heterocycles. The summed E-state index contributed by atoms with van der Waals surface area (Å²) in [6.45, 7) is 2.72. The Morgan fingerprint density at radius 1 is 0.920 bits per heavy atom. The lowest BCUT2D eigenvalue weighted by atomic mass is 10.1. The summed E-state index contributed by atoms with van der Waals surface area (Å²) in [6.07, 6.45) is 17.0. The number of hydrogen-bond acceptors (Lipinski definition) is 3. The first-order chi connectivity index (χ1) is 12.2. The fraction of sp³-hybridized carbons (Fsp3) is 0.591. The third kappa shape index (κ3) is 11.4. The molecule has 0 aliphatic carbocycles. The predicted molar refractivity (Wildman–Crippen MR) is 105 cm³/mol. The van der Waals surface area contributed by atoms with Gasteiger partial charge >= 0.3 is 5.97 Å². The van der Waals surface area contributed by atoms with Crippen LogP contribution in [0.1, 0.15) is 83.1 Å². The van der Waals surface area contributed by atoms with Crippen molar-refractivity contribution in [3.05, 3.63) is 35.9 Å². The quantitative estimate of drug-likeness (QED) is 0.246. The number of para-hydroxylation sites is 1. The van der Waals surface area contributed by atoms with Crippen molar-refractivity contribution in [1.82, 2.24) is 0 Å². The second-order valence-corrected chi connectivity index (χ2v) is 6.60. The Balaban J connectivity index is 1.94. The van der Waals surface area contributed by atoms with E-state index >= 15 is 0 Å². The van der Waals surface area contributed by atoms with Crippen LogP contribution in [0.4, 0.5) is 0 Å². The molecule has 3 nitrogen and oxygen atoms in total. The maximum atomic E-state index is 11.6. The van der Waals surface area contributed by atoms with E-state index in [1.807, 2.05) is 6.07 Å². The second-order valence-electron chi connectivity index (χ2n) is 6.60.